The lowest BCUT2D eigenvalue weighted by Crippen LogP contribution is -2.41. The third kappa shape index (κ3) is 3.09. The predicted molar refractivity (Wildman–Crippen MR) is 93.6 cm³/mol. The maximum atomic E-state index is 11.0. The first-order valence-electron chi connectivity index (χ1n) is 8.54. The van der Waals surface area contributed by atoms with Gasteiger partial charge in [0.2, 0.25) is 0 Å². The first-order chi connectivity index (χ1) is 12.2. The van der Waals surface area contributed by atoms with Gasteiger partial charge in [0.1, 0.15) is 17.6 Å². The molecule has 1 aliphatic heterocycles. The van der Waals surface area contributed by atoms with Crippen molar-refractivity contribution in [3.8, 4) is 0 Å². The lowest BCUT2D eigenvalue weighted by molar-refractivity contribution is -0.0585. The van der Waals surface area contributed by atoms with Gasteiger partial charge in [0.25, 0.3) is 5.82 Å². The molecule has 25 heavy (non-hydrogen) atoms. The molecule has 1 saturated heterocycles. The fraction of sp³-hybridized carbons (Fsp3) is 0.421. The highest BCUT2D eigenvalue weighted by Crippen LogP contribution is 2.50. The summed E-state index contributed by atoms with van der Waals surface area (Å²) in [5.41, 5.74) is 0.899. The van der Waals surface area contributed by atoms with Crippen LogP contribution in [0.25, 0.3) is 4.85 Å². The van der Waals surface area contributed by atoms with E-state index >= 15 is 0 Å². The zero-order valence-electron chi connectivity index (χ0n) is 13.9. The lowest BCUT2D eigenvalue weighted by atomic mass is 9.66. The van der Waals surface area contributed by atoms with Crippen LogP contribution in [-0.4, -0.2) is 41.4 Å². The Morgan fingerprint density at radius 2 is 2.04 bits per heavy atom. The van der Waals surface area contributed by atoms with Gasteiger partial charge >= 0.3 is 0 Å². The van der Waals surface area contributed by atoms with Gasteiger partial charge in [-0.1, -0.05) is 12.6 Å². The number of aromatic nitrogens is 2. The summed E-state index contributed by atoms with van der Waals surface area (Å²) in [6.45, 7) is 10.2. The Morgan fingerprint density at radius 3 is 2.80 bits per heavy atom. The molecule has 2 fully saturated rings. The molecule has 0 aromatic carbocycles. The SMILES string of the molecule is [C-]#[N+]c1cc(C2CC(O)(c3cccc(N4CCOCC4)n3)C2)ccn1. The van der Waals surface area contributed by atoms with E-state index in [0.717, 1.165) is 30.2 Å². The summed E-state index contributed by atoms with van der Waals surface area (Å²) in [7, 11) is 0. The average Bonchev–Trinajstić information content (AvgIpc) is 2.66. The molecule has 2 aromatic rings. The number of hydrogen-bond donors (Lipinski definition) is 1. The number of hydrogen-bond acceptors (Lipinski definition) is 5. The van der Waals surface area contributed by atoms with Gasteiger partial charge in [-0.05, 0) is 48.6 Å². The van der Waals surface area contributed by atoms with Gasteiger partial charge in [0.05, 0.1) is 18.9 Å². The maximum absolute atomic E-state index is 11.0. The highest BCUT2D eigenvalue weighted by atomic mass is 16.5. The minimum absolute atomic E-state index is 0.238. The molecule has 2 aromatic heterocycles. The number of rotatable bonds is 3. The van der Waals surface area contributed by atoms with Crippen LogP contribution in [0.4, 0.5) is 11.6 Å². The minimum atomic E-state index is -0.894. The maximum Gasteiger partial charge on any atom is 0.269 e. The molecule has 0 amide bonds. The quantitative estimate of drug-likeness (QED) is 0.873. The van der Waals surface area contributed by atoms with Crippen LogP contribution in [0.15, 0.2) is 36.5 Å². The van der Waals surface area contributed by atoms with Gasteiger partial charge in [-0.25, -0.2) is 4.98 Å². The number of ether oxygens (including phenoxy) is 1. The van der Waals surface area contributed by atoms with Crippen LogP contribution < -0.4 is 4.90 Å². The zero-order valence-corrected chi connectivity index (χ0v) is 13.9. The Balaban J connectivity index is 1.50. The van der Waals surface area contributed by atoms with Crippen molar-refractivity contribution in [1.82, 2.24) is 9.97 Å². The largest absolute Gasteiger partial charge is 0.384 e. The van der Waals surface area contributed by atoms with E-state index in [9.17, 15) is 5.11 Å². The molecule has 1 saturated carbocycles. The van der Waals surface area contributed by atoms with Crippen LogP contribution in [-0.2, 0) is 10.3 Å². The van der Waals surface area contributed by atoms with Crippen molar-refractivity contribution >= 4 is 11.6 Å². The summed E-state index contributed by atoms with van der Waals surface area (Å²) in [5, 5.41) is 11.0. The van der Waals surface area contributed by atoms with E-state index < -0.39 is 5.60 Å². The molecular weight excluding hydrogens is 316 g/mol. The molecule has 0 atom stereocenters. The highest BCUT2D eigenvalue weighted by molar-refractivity contribution is 5.43. The third-order valence-electron chi connectivity index (χ3n) is 5.07. The van der Waals surface area contributed by atoms with Crippen LogP contribution >= 0.6 is 0 Å². The van der Waals surface area contributed by atoms with Gasteiger partial charge in [0.15, 0.2) is 0 Å². The van der Waals surface area contributed by atoms with Crippen LogP contribution in [0, 0.1) is 6.57 Å². The average molecular weight is 336 g/mol. The minimum Gasteiger partial charge on any atom is -0.384 e. The number of nitrogens with zero attached hydrogens (tertiary/aromatic N) is 4. The predicted octanol–water partition coefficient (Wildman–Crippen LogP) is 2.63. The van der Waals surface area contributed by atoms with E-state index in [1.165, 1.54) is 0 Å². The number of morpholine rings is 1. The number of anilines is 1. The molecule has 6 nitrogen and oxygen atoms in total. The summed E-state index contributed by atoms with van der Waals surface area (Å²) in [6.07, 6.45) is 2.90. The third-order valence-corrected chi connectivity index (χ3v) is 5.07. The highest BCUT2D eigenvalue weighted by Gasteiger charge is 2.45. The van der Waals surface area contributed by atoms with Crippen molar-refractivity contribution in [3.05, 3.63) is 59.2 Å². The molecule has 3 heterocycles. The normalized spacial score (nSPS) is 25.9. The van der Waals surface area contributed by atoms with Crippen molar-refractivity contribution in [2.75, 3.05) is 31.2 Å². The molecule has 4 rings (SSSR count). The molecule has 2 aliphatic rings. The Hall–Kier alpha value is -2.49. The Kier molecular flexibility index (Phi) is 4.12. The first-order valence-corrected chi connectivity index (χ1v) is 8.54. The van der Waals surface area contributed by atoms with Gasteiger partial charge < -0.3 is 19.6 Å². The van der Waals surface area contributed by atoms with Gasteiger partial charge in [-0.3, -0.25) is 0 Å². The lowest BCUT2D eigenvalue weighted by Gasteiger charge is -2.43. The number of aliphatic hydroxyl groups is 1. The molecular formula is C19H20N4O2. The van der Waals surface area contributed by atoms with Crippen molar-refractivity contribution in [3.63, 3.8) is 0 Å². The fourth-order valence-electron chi connectivity index (χ4n) is 3.60. The summed E-state index contributed by atoms with van der Waals surface area (Å²) in [4.78, 5) is 14.3. The van der Waals surface area contributed by atoms with E-state index in [4.69, 9.17) is 16.3 Å². The summed E-state index contributed by atoms with van der Waals surface area (Å²) >= 11 is 0. The van der Waals surface area contributed by atoms with Crippen LogP contribution in [0.3, 0.4) is 0 Å². The van der Waals surface area contributed by atoms with Gasteiger partial charge in [-0.2, -0.15) is 0 Å². The first kappa shape index (κ1) is 16.0. The monoisotopic (exact) mass is 336 g/mol. The van der Waals surface area contributed by atoms with Gasteiger partial charge in [-0.15, -0.1) is 4.98 Å². The zero-order chi connectivity index (χ0) is 17.3. The second-order valence-corrected chi connectivity index (χ2v) is 6.68. The summed E-state index contributed by atoms with van der Waals surface area (Å²) < 4.78 is 5.39. The van der Waals surface area contributed by atoms with Crippen LogP contribution in [0.1, 0.15) is 30.0 Å². The standard InChI is InChI=1S/C19H20N4O2/c1-20-17-11-14(5-6-21-17)15-12-19(24,13-15)16-3-2-4-18(22-16)23-7-9-25-10-8-23/h2-6,11,15,24H,7-10,12-13H2. The van der Waals surface area contributed by atoms with E-state index in [0.29, 0.717) is 31.9 Å². The van der Waals surface area contributed by atoms with E-state index in [1.807, 2.05) is 30.3 Å². The molecule has 1 aliphatic carbocycles. The Morgan fingerprint density at radius 1 is 1.24 bits per heavy atom. The van der Waals surface area contributed by atoms with Crippen molar-refractivity contribution in [1.29, 1.82) is 0 Å². The van der Waals surface area contributed by atoms with E-state index in [2.05, 4.69) is 14.7 Å². The van der Waals surface area contributed by atoms with E-state index in [1.54, 1.807) is 6.20 Å². The molecule has 6 heteroatoms. The second kappa shape index (κ2) is 6.43. The molecule has 0 spiro atoms. The summed E-state index contributed by atoms with van der Waals surface area (Å²) in [5.74, 6) is 1.54. The number of pyridine rings is 2. The van der Waals surface area contributed by atoms with Crippen molar-refractivity contribution in [2.45, 2.75) is 24.4 Å². The Bertz CT molecular complexity index is 805. The molecule has 128 valence electrons. The smallest absolute Gasteiger partial charge is 0.269 e. The molecule has 0 bridgehead atoms. The van der Waals surface area contributed by atoms with Crippen LogP contribution in [0.2, 0.25) is 0 Å². The molecule has 0 radical (unpaired) electrons. The van der Waals surface area contributed by atoms with Crippen molar-refractivity contribution < 1.29 is 9.84 Å². The van der Waals surface area contributed by atoms with Crippen molar-refractivity contribution in [2.24, 2.45) is 0 Å². The second-order valence-electron chi connectivity index (χ2n) is 6.68. The van der Waals surface area contributed by atoms with Crippen LogP contribution in [0.5, 0.6) is 0 Å². The Labute approximate surface area is 146 Å². The van der Waals surface area contributed by atoms with Gasteiger partial charge in [0, 0.05) is 13.1 Å². The topological polar surface area (TPSA) is 62.8 Å². The fourth-order valence-corrected chi connectivity index (χ4v) is 3.60. The molecule has 0 unspecified atom stereocenters. The summed E-state index contributed by atoms with van der Waals surface area (Å²) in [6, 6.07) is 9.59. The van der Waals surface area contributed by atoms with E-state index in [-0.39, 0.29) is 5.92 Å². The molecule has 1 N–H and O–H groups in total.